The van der Waals surface area contributed by atoms with Crippen LogP contribution in [0.15, 0.2) is 169 Å². The van der Waals surface area contributed by atoms with E-state index in [0.29, 0.717) is 5.56 Å². The number of aliphatic hydroxyl groups is 1. The molecular weight excluding hydrogens is 867 g/mol. The number of ether oxygens (including phenoxy) is 7. The van der Waals surface area contributed by atoms with Crippen molar-refractivity contribution in [3.63, 3.8) is 0 Å². The van der Waals surface area contributed by atoms with Crippen molar-refractivity contribution < 1.29 is 47.5 Å². The quantitative estimate of drug-likeness (QED) is 0.0331. The van der Waals surface area contributed by atoms with E-state index in [4.69, 9.17) is 37.6 Å². The van der Waals surface area contributed by atoms with Crippen molar-refractivity contribution in [1.29, 1.82) is 0 Å². The molecule has 67 heavy (non-hydrogen) atoms. The maximum Gasteiger partial charge on any atom is 0.338 e. The molecule has 10 atom stereocenters. The smallest absolute Gasteiger partial charge is 0.338 e. The topological polar surface area (TPSA) is 160 Å². The van der Waals surface area contributed by atoms with Crippen molar-refractivity contribution in [2.75, 3.05) is 13.2 Å². The van der Waals surface area contributed by atoms with Gasteiger partial charge in [-0.1, -0.05) is 171 Å². The van der Waals surface area contributed by atoms with E-state index in [9.17, 15) is 15.4 Å². The Morgan fingerprint density at radius 3 is 1.97 bits per heavy atom. The Kier molecular flexibility index (Phi) is 14.3. The first-order valence-corrected chi connectivity index (χ1v) is 24.6. The first kappa shape index (κ1) is 46.4. The molecule has 346 valence electrons. The first-order valence-electron chi connectivity index (χ1n) is 22.7. The van der Waals surface area contributed by atoms with Crippen molar-refractivity contribution in [2.24, 2.45) is 5.11 Å². The number of carbonyl (C=O) groups excluding carboxylic acids is 1. The van der Waals surface area contributed by atoms with Gasteiger partial charge in [-0.05, 0) is 61.0 Å². The van der Waals surface area contributed by atoms with Gasteiger partial charge in [-0.25, -0.2) is 4.79 Å². The van der Waals surface area contributed by atoms with Crippen LogP contribution in [0.4, 0.5) is 0 Å². The highest BCUT2D eigenvalue weighted by Crippen LogP contribution is 2.40. The fourth-order valence-electron chi connectivity index (χ4n) is 9.53. The van der Waals surface area contributed by atoms with Crippen LogP contribution in [0.3, 0.4) is 0 Å². The third-order valence-corrected chi connectivity index (χ3v) is 17.8. The summed E-state index contributed by atoms with van der Waals surface area (Å²) in [5, 5.41) is 20.4. The number of carbonyl (C=O) groups is 1. The number of hydrogen-bond donors (Lipinski definition) is 1. The van der Waals surface area contributed by atoms with E-state index in [1.54, 1.807) is 24.3 Å². The molecule has 2 bridgehead atoms. The summed E-state index contributed by atoms with van der Waals surface area (Å²) in [5.41, 5.74) is 12.1. The molecule has 14 heteroatoms. The Balaban J connectivity index is 1.07. The van der Waals surface area contributed by atoms with Gasteiger partial charge in [0.25, 0.3) is 8.32 Å². The van der Waals surface area contributed by atoms with Crippen LogP contribution < -0.4 is 10.4 Å². The second kappa shape index (κ2) is 20.6. The minimum absolute atomic E-state index is 0.0311. The van der Waals surface area contributed by atoms with Gasteiger partial charge >= 0.3 is 5.97 Å². The summed E-state index contributed by atoms with van der Waals surface area (Å²) in [6.45, 7) is 6.85. The molecule has 13 nitrogen and oxygen atoms in total. The number of nitrogens with zero attached hydrogens (tertiary/aromatic N) is 3. The zero-order valence-corrected chi connectivity index (χ0v) is 38.7. The third kappa shape index (κ3) is 9.96. The summed E-state index contributed by atoms with van der Waals surface area (Å²) < 4.78 is 53.2. The van der Waals surface area contributed by atoms with Crippen LogP contribution in [0.5, 0.6) is 0 Å². The number of hydrogen-bond acceptors (Lipinski definition) is 11. The van der Waals surface area contributed by atoms with E-state index in [1.165, 1.54) is 0 Å². The minimum Gasteiger partial charge on any atom is -0.450 e. The second-order valence-corrected chi connectivity index (χ2v) is 22.4. The van der Waals surface area contributed by atoms with Crippen molar-refractivity contribution in [3.05, 3.63) is 191 Å². The molecule has 0 saturated carbocycles. The lowest BCUT2D eigenvalue weighted by molar-refractivity contribution is -0.322. The second-order valence-electron chi connectivity index (χ2n) is 18.1. The summed E-state index contributed by atoms with van der Waals surface area (Å²) in [5.74, 6) is -0.599. The largest absolute Gasteiger partial charge is 0.450 e. The first-order chi connectivity index (χ1) is 32.6. The molecule has 1 N–H and O–H groups in total. The summed E-state index contributed by atoms with van der Waals surface area (Å²) in [7, 11) is -3.16. The predicted molar refractivity (Wildman–Crippen MR) is 254 cm³/mol. The summed E-state index contributed by atoms with van der Waals surface area (Å²) >= 11 is 0. The van der Waals surface area contributed by atoms with Gasteiger partial charge in [0.1, 0.15) is 36.6 Å². The van der Waals surface area contributed by atoms with Gasteiger partial charge in [0.05, 0.1) is 38.1 Å². The molecule has 3 aliphatic heterocycles. The maximum absolute atomic E-state index is 13.7. The number of fused-ring (bicyclic) bond motifs is 3. The molecule has 3 aliphatic rings. The highest BCUT2D eigenvalue weighted by atomic mass is 28.4. The van der Waals surface area contributed by atoms with Gasteiger partial charge < -0.3 is 42.7 Å². The number of azide groups is 1. The molecule has 9 rings (SSSR count). The van der Waals surface area contributed by atoms with E-state index in [1.807, 2.05) is 115 Å². The molecule has 3 saturated heterocycles. The lowest BCUT2D eigenvalue weighted by Crippen LogP contribution is -2.68. The Labute approximate surface area is 391 Å². The number of rotatable bonds is 16. The van der Waals surface area contributed by atoms with Crippen molar-refractivity contribution in [3.8, 4) is 0 Å². The summed E-state index contributed by atoms with van der Waals surface area (Å²) in [6.07, 6.45) is -9.53. The van der Waals surface area contributed by atoms with Crippen LogP contribution in [0, 0.1) is 0 Å². The lowest BCUT2D eigenvalue weighted by atomic mass is 9.96. The van der Waals surface area contributed by atoms with Gasteiger partial charge in [-0.15, -0.1) is 0 Å². The fourth-order valence-corrected chi connectivity index (χ4v) is 14.1. The van der Waals surface area contributed by atoms with E-state index >= 15 is 0 Å². The molecule has 0 spiro atoms. The highest BCUT2D eigenvalue weighted by Gasteiger charge is 2.58. The van der Waals surface area contributed by atoms with Crippen molar-refractivity contribution >= 4 is 35.4 Å². The van der Waals surface area contributed by atoms with Gasteiger partial charge in [-0.3, -0.25) is 0 Å². The van der Waals surface area contributed by atoms with Gasteiger partial charge in [0.15, 0.2) is 18.7 Å². The zero-order chi connectivity index (χ0) is 46.4. The normalized spacial score (nSPS) is 26.1. The monoisotopic (exact) mass is 921 g/mol. The average Bonchev–Trinajstić information content (AvgIpc) is 3.80. The Bertz CT molecular complexity index is 2580. The maximum atomic E-state index is 13.7. The molecule has 0 aromatic heterocycles. The average molecular weight is 922 g/mol. The van der Waals surface area contributed by atoms with Crippen LogP contribution >= 0.6 is 0 Å². The minimum atomic E-state index is -3.16. The van der Waals surface area contributed by atoms with Crippen LogP contribution in [0.2, 0.25) is 5.04 Å². The Morgan fingerprint density at radius 2 is 1.31 bits per heavy atom. The molecule has 0 aliphatic carbocycles. The lowest BCUT2D eigenvalue weighted by Gasteiger charge is -2.48. The third-order valence-electron chi connectivity index (χ3n) is 12.8. The Hall–Kier alpha value is -5.74. The summed E-state index contributed by atoms with van der Waals surface area (Å²) in [4.78, 5) is 16.8. The molecule has 0 unspecified atom stereocenters. The van der Waals surface area contributed by atoms with Crippen LogP contribution in [-0.2, 0) is 50.8 Å². The number of esters is 1. The van der Waals surface area contributed by atoms with E-state index in [-0.39, 0.29) is 31.5 Å². The van der Waals surface area contributed by atoms with E-state index in [0.717, 1.165) is 32.3 Å². The van der Waals surface area contributed by atoms with Crippen molar-refractivity contribution in [1.82, 2.24) is 0 Å². The SMILES string of the molecule is CC(C)(C)[Si](OC[C@H]1O[C@@H](O[C@@H]2[C@@H](OCc3ccccc3)[C@H](OC(=O)c3ccccc3)[C@@H]3OC[C@H]2O3)[C@@H](N=[N+]=[N-])[C@@H](O)[C@@H]1OCc1ccc2ccccc2c1)(c1ccccc1)c1ccccc1. The van der Waals surface area contributed by atoms with Crippen LogP contribution in [0.25, 0.3) is 21.2 Å². The fraction of sp³-hybridized carbons (Fsp3) is 0.340. The molecule has 3 fully saturated rings. The number of benzene rings is 6. The predicted octanol–water partition coefficient (Wildman–Crippen LogP) is 8.02. The highest BCUT2D eigenvalue weighted by molar-refractivity contribution is 6.99. The van der Waals surface area contributed by atoms with E-state index < -0.39 is 75.6 Å². The van der Waals surface area contributed by atoms with Crippen molar-refractivity contribution in [2.45, 2.75) is 100 Å². The molecule has 0 amide bonds. The van der Waals surface area contributed by atoms with Crippen LogP contribution in [-0.4, -0.2) is 94.0 Å². The number of aliphatic hydroxyl groups excluding tert-OH is 1. The van der Waals surface area contributed by atoms with Gasteiger partial charge in [0, 0.05) is 4.91 Å². The molecular formula is C53H55N3O10Si. The Morgan fingerprint density at radius 1 is 0.716 bits per heavy atom. The molecule has 6 aromatic rings. The van der Waals surface area contributed by atoms with Gasteiger partial charge in [-0.2, -0.15) is 0 Å². The zero-order valence-electron chi connectivity index (χ0n) is 37.7. The summed E-state index contributed by atoms with van der Waals surface area (Å²) in [6, 6.07) is 51.5. The standard InChI is InChI=1S/C53H55N3O10Si/c1-53(2,3)67(40-24-12-6-13-25-40,41-26-14-7-15-27-41)62-34-43-46(59-32-36-28-29-37-20-16-17-23-39(37)30-36)45(57)44(55-56-54)51(63-43)66-47-42-33-61-52(64-42)49(65-50(58)38-21-10-5-11-22-38)48(47)60-31-35-18-8-4-9-19-35/h4-30,42-49,51-52,57H,31-34H2,1-3H3/t42-,43-,44+,45-,46-,47+,48-,49+,51+,52-/m1/s1. The van der Waals surface area contributed by atoms with E-state index in [2.05, 4.69) is 55.1 Å². The molecule has 6 aromatic carbocycles. The molecule has 0 radical (unpaired) electrons. The molecule has 3 heterocycles. The van der Waals surface area contributed by atoms with Crippen LogP contribution in [0.1, 0.15) is 42.3 Å². The van der Waals surface area contributed by atoms with Gasteiger partial charge in [0.2, 0.25) is 0 Å².